The number of nitrogens with zero attached hydrogens (tertiary/aromatic N) is 3. The molecule has 0 bridgehead atoms. The van der Waals surface area contributed by atoms with Gasteiger partial charge < -0.3 is 5.73 Å². The molecule has 0 amide bonds. The molecule has 0 atom stereocenters. The van der Waals surface area contributed by atoms with Crippen molar-refractivity contribution >= 4 is 11.7 Å². The zero-order valence-corrected chi connectivity index (χ0v) is 8.51. The third-order valence-electron chi connectivity index (χ3n) is 2.01. The Labute approximate surface area is 90.7 Å². The Kier molecular flexibility index (Phi) is 2.40. The Hall–Kier alpha value is -2.24. The molecule has 2 heterocycles. The molecule has 16 heavy (non-hydrogen) atoms. The SMILES string of the molecule is Cc1cc(N)n(C(=O)c2ncccc2F)n1. The normalized spacial score (nSPS) is 10.4. The predicted octanol–water partition coefficient (Wildman–Crippen LogP) is 0.996. The van der Waals surface area contributed by atoms with Crippen molar-refractivity contribution in [1.82, 2.24) is 14.8 Å². The first-order valence-corrected chi connectivity index (χ1v) is 4.57. The zero-order chi connectivity index (χ0) is 11.7. The first-order valence-electron chi connectivity index (χ1n) is 4.57. The molecule has 0 aromatic carbocycles. The number of aryl methyl sites for hydroxylation is 1. The van der Waals surface area contributed by atoms with E-state index in [1.165, 1.54) is 18.3 Å². The number of hydrogen-bond donors (Lipinski definition) is 1. The highest BCUT2D eigenvalue weighted by atomic mass is 19.1. The van der Waals surface area contributed by atoms with E-state index in [1.54, 1.807) is 6.92 Å². The summed E-state index contributed by atoms with van der Waals surface area (Å²) in [5.41, 5.74) is 5.85. The van der Waals surface area contributed by atoms with Crippen molar-refractivity contribution in [2.75, 3.05) is 5.73 Å². The Morgan fingerprint density at radius 2 is 2.31 bits per heavy atom. The van der Waals surface area contributed by atoms with Crippen LogP contribution < -0.4 is 5.73 Å². The largest absolute Gasteiger partial charge is 0.383 e. The van der Waals surface area contributed by atoms with Crippen molar-refractivity contribution in [3.63, 3.8) is 0 Å². The fourth-order valence-corrected chi connectivity index (χ4v) is 1.33. The van der Waals surface area contributed by atoms with Gasteiger partial charge in [0.25, 0.3) is 0 Å². The molecule has 0 radical (unpaired) electrons. The van der Waals surface area contributed by atoms with Gasteiger partial charge in [-0.25, -0.2) is 9.37 Å². The summed E-state index contributed by atoms with van der Waals surface area (Å²) in [6.07, 6.45) is 1.34. The highest BCUT2D eigenvalue weighted by molar-refractivity contribution is 5.95. The molecule has 2 rings (SSSR count). The van der Waals surface area contributed by atoms with Gasteiger partial charge in [-0.3, -0.25) is 4.79 Å². The van der Waals surface area contributed by atoms with E-state index in [-0.39, 0.29) is 11.5 Å². The number of halogens is 1. The molecule has 0 aliphatic carbocycles. The van der Waals surface area contributed by atoms with E-state index in [2.05, 4.69) is 10.1 Å². The van der Waals surface area contributed by atoms with Crippen molar-refractivity contribution in [1.29, 1.82) is 0 Å². The summed E-state index contributed by atoms with van der Waals surface area (Å²) in [5.74, 6) is -1.21. The van der Waals surface area contributed by atoms with E-state index in [4.69, 9.17) is 5.73 Å². The second-order valence-corrected chi connectivity index (χ2v) is 3.26. The van der Waals surface area contributed by atoms with Crippen LogP contribution in [0.15, 0.2) is 24.4 Å². The van der Waals surface area contributed by atoms with Crippen LogP contribution in [0.25, 0.3) is 0 Å². The maximum atomic E-state index is 13.3. The van der Waals surface area contributed by atoms with Crippen LogP contribution in [0.2, 0.25) is 0 Å². The highest BCUT2D eigenvalue weighted by Crippen LogP contribution is 2.10. The van der Waals surface area contributed by atoms with Gasteiger partial charge in [-0.05, 0) is 19.1 Å². The van der Waals surface area contributed by atoms with Crippen LogP contribution >= 0.6 is 0 Å². The number of nitrogen functional groups attached to an aromatic ring is 1. The lowest BCUT2D eigenvalue weighted by Gasteiger charge is -2.02. The lowest BCUT2D eigenvalue weighted by atomic mass is 10.3. The molecular formula is C10H9FN4O. The van der Waals surface area contributed by atoms with Crippen molar-refractivity contribution in [2.24, 2.45) is 0 Å². The van der Waals surface area contributed by atoms with E-state index in [0.717, 1.165) is 10.7 Å². The van der Waals surface area contributed by atoms with Crippen molar-refractivity contribution in [3.05, 3.63) is 41.6 Å². The number of anilines is 1. The number of pyridine rings is 1. The number of hydrogen-bond acceptors (Lipinski definition) is 4. The predicted molar refractivity (Wildman–Crippen MR) is 55.3 cm³/mol. The Morgan fingerprint density at radius 1 is 1.56 bits per heavy atom. The first kappa shape index (κ1) is 10.3. The Balaban J connectivity index is 2.47. The van der Waals surface area contributed by atoms with E-state index in [0.29, 0.717) is 5.69 Å². The molecule has 82 valence electrons. The van der Waals surface area contributed by atoms with Gasteiger partial charge in [-0.1, -0.05) is 0 Å². The summed E-state index contributed by atoms with van der Waals surface area (Å²) in [4.78, 5) is 15.5. The third kappa shape index (κ3) is 1.65. The van der Waals surface area contributed by atoms with Crippen LogP contribution in [-0.2, 0) is 0 Å². The summed E-state index contributed by atoms with van der Waals surface area (Å²) in [5, 5.41) is 3.86. The molecule has 0 fully saturated rings. The molecule has 0 unspecified atom stereocenters. The minimum Gasteiger partial charge on any atom is -0.383 e. The smallest absolute Gasteiger partial charge is 0.301 e. The average molecular weight is 220 g/mol. The molecule has 2 aromatic rings. The van der Waals surface area contributed by atoms with Gasteiger partial charge in [0.15, 0.2) is 11.5 Å². The van der Waals surface area contributed by atoms with Gasteiger partial charge in [-0.2, -0.15) is 9.78 Å². The molecule has 2 N–H and O–H groups in total. The van der Waals surface area contributed by atoms with E-state index in [9.17, 15) is 9.18 Å². The molecular weight excluding hydrogens is 211 g/mol. The standard InChI is InChI=1S/C10H9FN4O/c1-6-5-8(12)15(14-6)10(16)9-7(11)3-2-4-13-9/h2-5H,12H2,1H3. The molecule has 0 aliphatic heterocycles. The second-order valence-electron chi connectivity index (χ2n) is 3.26. The maximum Gasteiger partial charge on any atom is 0.301 e. The molecule has 0 saturated heterocycles. The average Bonchev–Trinajstić information content (AvgIpc) is 2.58. The monoisotopic (exact) mass is 220 g/mol. The number of nitrogens with two attached hydrogens (primary N) is 1. The van der Waals surface area contributed by atoms with Crippen LogP contribution in [-0.4, -0.2) is 20.7 Å². The fourth-order valence-electron chi connectivity index (χ4n) is 1.33. The van der Waals surface area contributed by atoms with Gasteiger partial charge in [-0.15, -0.1) is 0 Å². The maximum absolute atomic E-state index is 13.3. The van der Waals surface area contributed by atoms with Gasteiger partial charge in [0.05, 0.1) is 5.69 Å². The van der Waals surface area contributed by atoms with Crippen LogP contribution in [0.5, 0.6) is 0 Å². The zero-order valence-electron chi connectivity index (χ0n) is 8.51. The quantitative estimate of drug-likeness (QED) is 0.777. The molecule has 0 saturated carbocycles. The lowest BCUT2D eigenvalue weighted by molar-refractivity contribution is 0.0938. The van der Waals surface area contributed by atoms with Crippen molar-refractivity contribution in [2.45, 2.75) is 6.92 Å². The molecule has 0 aliphatic rings. The summed E-state index contributed by atoms with van der Waals surface area (Å²) in [7, 11) is 0. The fraction of sp³-hybridized carbons (Fsp3) is 0.100. The van der Waals surface area contributed by atoms with Gasteiger partial charge in [0, 0.05) is 12.3 Å². The summed E-state index contributed by atoms with van der Waals surface area (Å²) < 4.78 is 14.2. The summed E-state index contributed by atoms with van der Waals surface area (Å²) >= 11 is 0. The highest BCUT2D eigenvalue weighted by Gasteiger charge is 2.18. The lowest BCUT2D eigenvalue weighted by Crippen LogP contribution is -2.18. The second kappa shape index (κ2) is 3.73. The van der Waals surface area contributed by atoms with E-state index >= 15 is 0 Å². The van der Waals surface area contributed by atoms with Crippen molar-refractivity contribution < 1.29 is 9.18 Å². The van der Waals surface area contributed by atoms with E-state index < -0.39 is 11.7 Å². The molecule has 2 aromatic heterocycles. The Morgan fingerprint density at radius 3 is 2.88 bits per heavy atom. The number of aromatic nitrogens is 3. The first-order chi connectivity index (χ1) is 7.59. The van der Waals surface area contributed by atoms with Gasteiger partial charge >= 0.3 is 5.91 Å². The van der Waals surface area contributed by atoms with Crippen LogP contribution in [0, 0.1) is 12.7 Å². The van der Waals surface area contributed by atoms with Crippen LogP contribution in [0.1, 0.15) is 16.2 Å². The van der Waals surface area contributed by atoms with Crippen LogP contribution in [0.3, 0.4) is 0 Å². The summed E-state index contributed by atoms with van der Waals surface area (Å²) in [6, 6.07) is 4.09. The minimum absolute atomic E-state index is 0.160. The number of carbonyl (C=O) groups excluding carboxylic acids is 1. The van der Waals surface area contributed by atoms with Crippen LogP contribution in [0.4, 0.5) is 10.2 Å². The number of carbonyl (C=O) groups is 1. The van der Waals surface area contributed by atoms with E-state index in [1.807, 2.05) is 0 Å². The Bertz CT molecular complexity index is 550. The van der Waals surface area contributed by atoms with Gasteiger partial charge in [0.1, 0.15) is 5.82 Å². The van der Waals surface area contributed by atoms with Gasteiger partial charge in [0.2, 0.25) is 0 Å². The minimum atomic E-state index is -0.694. The number of rotatable bonds is 1. The van der Waals surface area contributed by atoms with Crippen molar-refractivity contribution in [3.8, 4) is 0 Å². The molecule has 5 nitrogen and oxygen atoms in total. The molecule has 6 heteroatoms. The topological polar surface area (TPSA) is 73.8 Å². The summed E-state index contributed by atoms with van der Waals surface area (Å²) in [6.45, 7) is 1.69. The third-order valence-corrected chi connectivity index (χ3v) is 2.01. The molecule has 0 spiro atoms.